The molecule has 0 saturated carbocycles. The molecule has 0 radical (unpaired) electrons. The fourth-order valence-corrected chi connectivity index (χ4v) is 1.37. The number of ether oxygens (including phenoxy) is 2. The molecule has 0 heterocycles. The average molecular weight is 268 g/mol. The Labute approximate surface area is 112 Å². The van der Waals surface area contributed by atoms with Crippen molar-refractivity contribution < 1.29 is 19.4 Å². The molecule has 0 aliphatic rings. The molecule has 0 aliphatic heterocycles. The second kappa shape index (κ2) is 8.20. The number of benzene rings is 1. The molecule has 0 aliphatic carbocycles. The highest BCUT2D eigenvalue weighted by molar-refractivity contribution is 5.73. The Balaban J connectivity index is 2.30. The Hall–Kier alpha value is -1.95. The minimum atomic E-state index is -0.292. The lowest BCUT2D eigenvalue weighted by Gasteiger charge is -2.16. The molecule has 1 aromatic carbocycles. The SMILES string of the molecule is CCOc1ccc(OCNC(=O)N(C)CCO)cc1. The number of nitrogens with zero attached hydrogens (tertiary/aromatic N) is 1. The summed E-state index contributed by atoms with van der Waals surface area (Å²) in [7, 11) is 1.60. The van der Waals surface area contributed by atoms with Gasteiger partial charge < -0.3 is 24.8 Å². The summed E-state index contributed by atoms with van der Waals surface area (Å²) >= 11 is 0. The van der Waals surface area contributed by atoms with Gasteiger partial charge in [-0.25, -0.2) is 4.79 Å². The first-order chi connectivity index (χ1) is 9.17. The van der Waals surface area contributed by atoms with E-state index in [9.17, 15) is 4.79 Å². The fourth-order valence-electron chi connectivity index (χ4n) is 1.37. The van der Waals surface area contributed by atoms with Gasteiger partial charge >= 0.3 is 6.03 Å². The smallest absolute Gasteiger partial charge is 0.319 e. The molecule has 6 heteroatoms. The molecule has 1 aromatic rings. The molecule has 0 saturated heterocycles. The van der Waals surface area contributed by atoms with Crippen LogP contribution in [0.15, 0.2) is 24.3 Å². The standard InChI is InChI=1S/C13H20N2O4/c1-3-18-11-4-6-12(7-5-11)19-10-14-13(17)15(2)8-9-16/h4-7,16H,3,8-10H2,1-2H3,(H,14,17). The van der Waals surface area contributed by atoms with Crippen LogP contribution in [0.1, 0.15) is 6.92 Å². The van der Waals surface area contributed by atoms with Gasteiger partial charge in [0.25, 0.3) is 0 Å². The van der Waals surface area contributed by atoms with E-state index in [0.717, 1.165) is 5.75 Å². The Kier molecular flexibility index (Phi) is 6.52. The number of amides is 2. The summed E-state index contributed by atoms with van der Waals surface area (Å²) in [5.41, 5.74) is 0. The zero-order chi connectivity index (χ0) is 14.1. The summed E-state index contributed by atoms with van der Waals surface area (Å²) < 4.78 is 10.7. The van der Waals surface area contributed by atoms with Crippen LogP contribution in [-0.4, -0.2) is 49.6 Å². The largest absolute Gasteiger partial charge is 0.494 e. The first kappa shape index (κ1) is 15.1. The number of aliphatic hydroxyl groups excluding tert-OH is 1. The third kappa shape index (κ3) is 5.48. The van der Waals surface area contributed by atoms with E-state index in [0.29, 0.717) is 12.4 Å². The molecule has 2 amide bonds. The maximum Gasteiger partial charge on any atom is 0.319 e. The maximum absolute atomic E-state index is 11.5. The predicted octanol–water partition coefficient (Wildman–Crippen LogP) is 1.06. The lowest BCUT2D eigenvalue weighted by Crippen LogP contribution is -2.40. The van der Waals surface area contributed by atoms with Gasteiger partial charge in [0.05, 0.1) is 13.2 Å². The first-order valence-corrected chi connectivity index (χ1v) is 6.13. The number of rotatable bonds is 7. The van der Waals surface area contributed by atoms with Crippen LogP contribution in [0.25, 0.3) is 0 Å². The van der Waals surface area contributed by atoms with Gasteiger partial charge in [0.15, 0.2) is 6.73 Å². The van der Waals surface area contributed by atoms with Gasteiger partial charge in [-0.2, -0.15) is 0 Å². The predicted molar refractivity (Wildman–Crippen MR) is 71.4 cm³/mol. The second-order valence-electron chi connectivity index (χ2n) is 3.82. The van der Waals surface area contributed by atoms with Crippen molar-refractivity contribution in [1.82, 2.24) is 10.2 Å². The maximum atomic E-state index is 11.5. The molecular formula is C13H20N2O4. The van der Waals surface area contributed by atoms with Gasteiger partial charge in [-0.15, -0.1) is 0 Å². The molecule has 2 N–H and O–H groups in total. The zero-order valence-corrected chi connectivity index (χ0v) is 11.3. The van der Waals surface area contributed by atoms with E-state index in [1.165, 1.54) is 4.90 Å². The first-order valence-electron chi connectivity index (χ1n) is 6.13. The number of carbonyl (C=O) groups is 1. The van der Waals surface area contributed by atoms with Crippen molar-refractivity contribution in [3.63, 3.8) is 0 Å². The molecule has 0 aromatic heterocycles. The Morgan fingerprint density at radius 2 is 1.84 bits per heavy atom. The Morgan fingerprint density at radius 1 is 1.26 bits per heavy atom. The normalized spacial score (nSPS) is 9.84. The highest BCUT2D eigenvalue weighted by Gasteiger charge is 2.06. The van der Waals surface area contributed by atoms with Crippen molar-refractivity contribution in [2.75, 3.05) is 33.5 Å². The van der Waals surface area contributed by atoms with Gasteiger partial charge in [0.1, 0.15) is 11.5 Å². The highest BCUT2D eigenvalue weighted by atomic mass is 16.5. The number of nitrogens with one attached hydrogen (secondary N) is 1. The number of aliphatic hydroxyl groups is 1. The number of carbonyl (C=O) groups excluding carboxylic acids is 1. The Morgan fingerprint density at radius 3 is 2.37 bits per heavy atom. The highest BCUT2D eigenvalue weighted by Crippen LogP contribution is 2.17. The van der Waals surface area contributed by atoms with Crippen molar-refractivity contribution >= 4 is 6.03 Å². The van der Waals surface area contributed by atoms with Crippen molar-refractivity contribution in [3.8, 4) is 11.5 Å². The quantitative estimate of drug-likeness (QED) is 0.725. The van der Waals surface area contributed by atoms with Crippen LogP contribution >= 0.6 is 0 Å². The summed E-state index contributed by atoms with van der Waals surface area (Å²) in [5.74, 6) is 1.43. The van der Waals surface area contributed by atoms with E-state index < -0.39 is 0 Å². The Bertz CT molecular complexity index is 381. The molecule has 106 valence electrons. The fraction of sp³-hybridized carbons (Fsp3) is 0.462. The molecule has 6 nitrogen and oxygen atoms in total. The number of hydrogen-bond donors (Lipinski definition) is 2. The summed E-state index contributed by atoms with van der Waals surface area (Å²) in [5, 5.41) is 11.3. The summed E-state index contributed by atoms with van der Waals surface area (Å²) in [6.07, 6.45) is 0. The van der Waals surface area contributed by atoms with Gasteiger partial charge in [-0.1, -0.05) is 0 Å². The average Bonchev–Trinajstić information content (AvgIpc) is 2.41. The van der Waals surface area contributed by atoms with E-state index in [-0.39, 0.29) is 25.9 Å². The van der Waals surface area contributed by atoms with E-state index in [2.05, 4.69) is 5.32 Å². The number of likely N-dealkylation sites (N-methyl/N-ethyl adjacent to an activating group) is 1. The van der Waals surface area contributed by atoms with E-state index in [1.807, 2.05) is 6.92 Å². The van der Waals surface area contributed by atoms with Crippen molar-refractivity contribution in [1.29, 1.82) is 0 Å². The van der Waals surface area contributed by atoms with Gasteiger partial charge in [-0.3, -0.25) is 0 Å². The molecular weight excluding hydrogens is 248 g/mol. The number of urea groups is 1. The molecule has 1 rings (SSSR count). The molecule has 0 atom stereocenters. The third-order valence-electron chi connectivity index (χ3n) is 2.38. The molecule has 0 bridgehead atoms. The minimum Gasteiger partial charge on any atom is -0.494 e. The van der Waals surface area contributed by atoms with Crippen LogP contribution in [0.5, 0.6) is 11.5 Å². The van der Waals surface area contributed by atoms with Crippen molar-refractivity contribution in [3.05, 3.63) is 24.3 Å². The molecule has 19 heavy (non-hydrogen) atoms. The lowest BCUT2D eigenvalue weighted by atomic mass is 10.3. The van der Waals surface area contributed by atoms with Gasteiger partial charge in [0, 0.05) is 13.6 Å². The van der Waals surface area contributed by atoms with E-state index in [1.54, 1.807) is 31.3 Å². The monoisotopic (exact) mass is 268 g/mol. The second-order valence-corrected chi connectivity index (χ2v) is 3.82. The molecule has 0 fully saturated rings. The van der Waals surface area contributed by atoms with Crippen LogP contribution in [-0.2, 0) is 0 Å². The summed E-state index contributed by atoms with van der Waals surface area (Å²) in [4.78, 5) is 12.8. The number of hydrogen-bond acceptors (Lipinski definition) is 4. The van der Waals surface area contributed by atoms with Gasteiger partial charge in [-0.05, 0) is 31.2 Å². The molecule has 0 unspecified atom stereocenters. The summed E-state index contributed by atoms with van der Waals surface area (Å²) in [6.45, 7) is 2.83. The van der Waals surface area contributed by atoms with Crippen molar-refractivity contribution in [2.45, 2.75) is 6.92 Å². The van der Waals surface area contributed by atoms with Crippen molar-refractivity contribution in [2.24, 2.45) is 0 Å². The topological polar surface area (TPSA) is 71.0 Å². The zero-order valence-electron chi connectivity index (χ0n) is 11.3. The van der Waals surface area contributed by atoms with E-state index >= 15 is 0 Å². The lowest BCUT2D eigenvalue weighted by molar-refractivity contribution is 0.179. The minimum absolute atomic E-state index is 0.0658. The van der Waals surface area contributed by atoms with Crippen LogP contribution in [0.3, 0.4) is 0 Å². The molecule has 0 spiro atoms. The van der Waals surface area contributed by atoms with Crippen LogP contribution in [0.2, 0.25) is 0 Å². The van der Waals surface area contributed by atoms with Crippen LogP contribution in [0.4, 0.5) is 4.79 Å². The third-order valence-corrected chi connectivity index (χ3v) is 2.38. The summed E-state index contributed by atoms with van der Waals surface area (Å²) in [6, 6.07) is 6.86. The van der Waals surface area contributed by atoms with Gasteiger partial charge in [0.2, 0.25) is 0 Å². The van der Waals surface area contributed by atoms with Crippen LogP contribution < -0.4 is 14.8 Å². The van der Waals surface area contributed by atoms with Crippen LogP contribution in [0, 0.1) is 0 Å². The van der Waals surface area contributed by atoms with E-state index in [4.69, 9.17) is 14.6 Å².